The highest BCUT2D eigenvalue weighted by atomic mass is 19.1. The number of nitrogens with zero attached hydrogens (tertiary/aromatic N) is 1. The Morgan fingerprint density at radius 1 is 0.719 bits per heavy atom. The number of ether oxygens (including phenoxy) is 1. The lowest BCUT2D eigenvalue weighted by atomic mass is 9.82. The molecule has 4 aromatic rings. The third-order valence-electron chi connectivity index (χ3n) is 6.12. The molecule has 3 heteroatoms. The molecule has 1 atom stereocenters. The SMILES string of the molecule is CCN(CC)CCOc1ccc(C(c2ccccc2)c2ccc(F)cc2)c2ccccc12. The van der Waals surface area contributed by atoms with Crippen molar-refractivity contribution in [3.63, 3.8) is 0 Å². The van der Waals surface area contributed by atoms with Crippen molar-refractivity contribution in [3.05, 3.63) is 114 Å². The molecule has 0 aliphatic carbocycles. The van der Waals surface area contributed by atoms with Crippen molar-refractivity contribution in [3.8, 4) is 5.75 Å². The molecule has 4 aromatic carbocycles. The van der Waals surface area contributed by atoms with E-state index in [2.05, 4.69) is 79.4 Å². The van der Waals surface area contributed by atoms with E-state index in [1.165, 1.54) is 23.3 Å². The largest absolute Gasteiger partial charge is 0.492 e. The standard InChI is InChI=1S/C29H30FNO/c1-3-31(4-2)20-21-32-28-19-18-27(25-12-8-9-13-26(25)28)29(22-10-6-5-7-11-22)23-14-16-24(30)17-15-23/h5-19,29H,3-4,20-21H2,1-2H3. The van der Waals surface area contributed by atoms with Gasteiger partial charge in [-0.1, -0.05) is 86.6 Å². The molecule has 164 valence electrons. The van der Waals surface area contributed by atoms with E-state index in [-0.39, 0.29) is 11.7 Å². The fourth-order valence-corrected chi connectivity index (χ4v) is 4.35. The molecule has 0 bridgehead atoms. The quantitative estimate of drug-likeness (QED) is 0.270. The number of hydrogen-bond acceptors (Lipinski definition) is 2. The van der Waals surface area contributed by atoms with Gasteiger partial charge in [0.25, 0.3) is 0 Å². The van der Waals surface area contributed by atoms with E-state index in [9.17, 15) is 4.39 Å². The van der Waals surface area contributed by atoms with E-state index in [0.29, 0.717) is 6.61 Å². The van der Waals surface area contributed by atoms with Gasteiger partial charge in [-0.3, -0.25) is 0 Å². The Morgan fingerprint density at radius 2 is 1.34 bits per heavy atom. The first-order valence-electron chi connectivity index (χ1n) is 11.4. The maximum atomic E-state index is 13.7. The molecule has 2 nitrogen and oxygen atoms in total. The van der Waals surface area contributed by atoms with Gasteiger partial charge in [-0.15, -0.1) is 0 Å². The highest BCUT2D eigenvalue weighted by Gasteiger charge is 2.20. The highest BCUT2D eigenvalue weighted by Crippen LogP contribution is 2.39. The Bertz CT molecular complexity index is 1140. The Hall–Kier alpha value is -3.17. The van der Waals surface area contributed by atoms with E-state index in [1.54, 1.807) is 0 Å². The summed E-state index contributed by atoms with van der Waals surface area (Å²) in [4.78, 5) is 2.36. The Labute approximate surface area is 190 Å². The average Bonchev–Trinajstić information content (AvgIpc) is 2.85. The van der Waals surface area contributed by atoms with Gasteiger partial charge in [0.2, 0.25) is 0 Å². The lowest BCUT2D eigenvalue weighted by molar-refractivity contribution is 0.224. The van der Waals surface area contributed by atoms with Gasteiger partial charge in [-0.2, -0.15) is 0 Å². The van der Waals surface area contributed by atoms with Gasteiger partial charge in [-0.25, -0.2) is 4.39 Å². The van der Waals surface area contributed by atoms with Crippen LogP contribution in [0.2, 0.25) is 0 Å². The average molecular weight is 428 g/mol. The second-order valence-corrected chi connectivity index (χ2v) is 7.97. The molecule has 0 amide bonds. The van der Waals surface area contributed by atoms with E-state index in [4.69, 9.17) is 4.74 Å². The molecule has 0 aliphatic heterocycles. The predicted molar refractivity (Wildman–Crippen MR) is 131 cm³/mol. The predicted octanol–water partition coefficient (Wildman–Crippen LogP) is 6.88. The molecule has 0 aliphatic rings. The summed E-state index contributed by atoms with van der Waals surface area (Å²) in [6.07, 6.45) is 0. The third kappa shape index (κ3) is 4.84. The summed E-state index contributed by atoms with van der Waals surface area (Å²) in [5.41, 5.74) is 3.44. The first kappa shape index (κ1) is 22.0. The molecule has 0 saturated carbocycles. The Balaban J connectivity index is 1.76. The van der Waals surface area contributed by atoms with Gasteiger partial charge in [0.15, 0.2) is 0 Å². The van der Waals surface area contributed by atoms with Crippen molar-refractivity contribution >= 4 is 10.8 Å². The molecule has 1 unspecified atom stereocenters. The van der Waals surface area contributed by atoms with Gasteiger partial charge in [0, 0.05) is 17.8 Å². The number of likely N-dealkylation sites (N-methyl/N-ethyl adjacent to an activating group) is 1. The van der Waals surface area contributed by atoms with Crippen molar-refractivity contribution in [2.75, 3.05) is 26.2 Å². The van der Waals surface area contributed by atoms with Crippen LogP contribution in [0.4, 0.5) is 4.39 Å². The maximum absolute atomic E-state index is 13.7. The topological polar surface area (TPSA) is 12.5 Å². The summed E-state index contributed by atoms with van der Waals surface area (Å²) in [7, 11) is 0. The summed E-state index contributed by atoms with van der Waals surface area (Å²) in [5, 5.41) is 2.26. The Kier molecular flexibility index (Phi) is 7.18. The van der Waals surface area contributed by atoms with Crippen LogP contribution in [-0.2, 0) is 0 Å². The van der Waals surface area contributed by atoms with Gasteiger partial charge in [0.1, 0.15) is 18.2 Å². The summed E-state index contributed by atoms with van der Waals surface area (Å²) < 4.78 is 19.9. The molecule has 0 spiro atoms. The number of rotatable bonds is 9. The van der Waals surface area contributed by atoms with E-state index < -0.39 is 0 Å². The zero-order valence-corrected chi connectivity index (χ0v) is 18.8. The minimum Gasteiger partial charge on any atom is -0.492 e. The monoisotopic (exact) mass is 427 g/mol. The fourth-order valence-electron chi connectivity index (χ4n) is 4.35. The summed E-state index contributed by atoms with van der Waals surface area (Å²) >= 11 is 0. The van der Waals surface area contributed by atoms with Crippen LogP contribution in [0.3, 0.4) is 0 Å². The normalized spacial score (nSPS) is 12.2. The van der Waals surface area contributed by atoms with Crippen molar-refractivity contribution in [2.45, 2.75) is 19.8 Å². The zero-order valence-electron chi connectivity index (χ0n) is 18.8. The second kappa shape index (κ2) is 10.4. The number of fused-ring (bicyclic) bond motifs is 1. The zero-order chi connectivity index (χ0) is 22.3. The molecular weight excluding hydrogens is 397 g/mol. The first-order valence-corrected chi connectivity index (χ1v) is 11.4. The minimum absolute atomic E-state index is 0.00595. The van der Waals surface area contributed by atoms with Crippen molar-refractivity contribution in [1.29, 1.82) is 0 Å². The molecular formula is C29H30FNO. The molecule has 0 N–H and O–H groups in total. The van der Waals surface area contributed by atoms with Crippen LogP contribution in [0, 0.1) is 5.82 Å². The maximum Gasteiger partial charge on any atom is 0.127 e. The number of halogens is 1. The smallest absolute Gasteiger partial charge is 0.127 e. The van der Waals surface area contributed by atoms with Gasteiger partial charge in [-0.05, 0) is 53.4 Å². The van der Waals surface area contributed by atoms with Crippen LogP contribution in [-0.4, -0.2) is 31.1 Å². The molecule has 0 saturated heterocycles. The van der Waals surface area contributed by atoms with Crippen LogP contribution < -0.4 is 4.74 Å². The van der Waals surface area contributed by atoms with Crippen LogP contribution in [0.15, 0.2) is 91.0 Å². The summed E-state index contributed by atoms with van der Waals surface area (Å²) in [6.45, 7) is 7.96. The minimum atomic E-state index is -0.220. The van der Waals surface area contributed by atoms with Crippen molar-refractivity contribution < 1.29 is 9.13 Å². The lowest BCUT2D eigenvalue weighted by Crippen LogP contribution is -2.27. The van der Waals surface area contributed by atoms with E-state index >= 15 is 0 Å². The third-order valence-corrected chi connectivity index (χ3v) is 6.12. The number of hydrogen-bond donors (Lipinski definition) is 0. The fraction of sp³-hybridized carbons (Fsp3) is 0.241. The molecule has 0 fully saturated rings. The molecule has 0 aromatic heterocycles. The molecule has 0 heterocycles. The van der Waals surface area contributed by atoms with Gasteiger partial charge < -0.3 is 9.64 Å². The molecule has 4 rings (SSSR count). The van der Waals surface area contributed by atoms with Crippen molar-refractivity contribution in [1.82, 2.24) is 4.90 Å². The number of benzene rings is 4. The lowest BCUT2D eigenvalue weighted by Gasteiger charge is -2.22. The highest BCUT2D eigenvalue weighted by molar-refractivity contribution is 5.92. The van der Waals surface area contributed by atoms with Crippen LogP contribution in [0.5, 0.6) is 5.75 Å². The van der Waals surface area contributed by atoms with Crippen molar-refractivity contribution in [2.24, 2.45) is 0 Å². The summed E-state index contributed by atoms with van der Waals surface area (Å²) in [6, 6.07) is 29.9. The van der Waals surface area contributed by atoms with Crippen LogP contribution >= 0.6 is 0 Å². The first-order chi connectivity index (χ1) is 15.7. The van der Waals surface area contributed by atoms with Crippen LogP contribution in [0.25, 0.3) is 10.8 Å². The van der Waals surface area contributed by atoms with Crippen LogP contribution in [0.1, 0.15) is 36.5 Å². The van der Waals surface area contributed by atoms with Gasteiger partial charge in [0.05, 0.1) is 0 Å². The molecule has 0 radical (unpaired) electrons. The van der Waals surface area contributed by atoms with Gasteiger partial charge >= 0.3 is 0 Å². The van der Waals surface area contributed by atoms with E-state index in [0.717, 1.165) is 41.7 Å². The second-order valence-electron chi connectivity index (χ2n) is 7.97. The summed E-state index contributed by atoms with van der Waals surface area (Å²) in [5.74, 6) is 0.691. The molecule has 32 heavy (non-hydrogen) atoms. The Morgan fingerprint density at radius 3 is 2.03 bits per heavy atom. The van der Waals surface area contributed by atoms with E-state index in [1.807, 2.05) is 18.2 Å².